The van der Waals surface area contributed by atoms with E-state index in [2.05, 4.69) is 15.0 Å². The third kappa shape index (κ3) is 4.62. The van der Waals surface area contributed by atoms with Gasteiger partial charge in [0.1, 0.15) is 23.3 Å². The first-order valence-electron chi connectivity index (χ1n) is 10.2. The van der Waals surface area contributed by atoms with Crippen LogP contribution >= 0.6 is 7.60 Å². The Hall–Kier alpha value is -3.79. The lowest BCUT2D eigenvalue weighted by Crippen LogP contribution is -2.18. The minimum absolute atomic E-state index is 0.163. The quantitative estimate of drug-likeness (QED) is 0.362. The van der Waals surface area contributed by atoms with Crippen molar-refractivity contribution in [3.63, 3.8) is 0 Å². The van der Waals surface area contributed by atoms with Gasteiger partial charge in [0, 0.05) is 6.08 Å². The number of aromatic nitrogens is 4. The second kappa shape index (κ2) is 9.22. The number of anilines is 1. The fraction of sp³-hybridized carbons (Fsp3) is 0.136. The highest BCUT2D eigenvalue weighted by Crippen LogP contribution is 2.49. The van der Waals surface area contributed by atoms with E-state index in [0.29, 0.717) is 22.7 Å². The molecule has 0 bridgehead atoms. The molecule has 0 fully saturated rings. The number of hydrogen-bond acceptors (Lipinski definition) is 9. The van der Waals surface area contributed by atoms with Crippen LogP contribution in [-0.2, 0) is 14.0 Å². The summed E-state index contributed by atoms with van der Waals surface area (Å²) in [4.78, 5) is 12.1. The maximum Gasteiger partial charge on any atom is 0.456 e. The van der Waals surface area contributed by atoms with Crippen LogP contribution in [0.5, 0.6) is 11.5 Å². The van der Waals surface area contributed by atoms with Gasteiger partial charge in [0.05, 0.1) is 6.33 Å². The molecule has 12 heteroatoms. The number of benzene rings is 2. The molecular formula is C22H19FN5O5P. The number of ether oxygens (including phenoxy) is 2. The van der Waals surface area contributed by atoms with E-state index in [1.165, 1.54) is 17.2 Å². The molecular weight excluding hydrogens is 464 g/mol. The average Bonchev–Trinajstić information content (AvgIpc) is 3.43. The van der Waals surface area contributed by atoms with E-state index >= 15 is 0 Å². The Labute approximate surface area is 193 Å². The fourth-order valence-electron chi connectivity index (χ4n) is 3.29. The number of rotatable bonds is 8. The van der Waals surface area contributed by atoms with Crippen molar-refractivity contribution in [2.24, 2.45) is 0 Å². The van der Waals surface area contributed by atoms with Crippen LogP contribution in [0.3, 0.4) is 0 Å². The molecule has 0 aliphatic carbocycles. The molecule has 0 radical (unpaired) electrons. The maximum absolute atomic E-state index is 14.7. The van der Waals surface area contributed by atoms with Gasteiger partial charge in [-0.2, -0.15) is 0 Å². The van der Waals surface area contributed by atoms with E-state index in [-0.39, 0.29) is 5.82 Å². The Morgan fingerprint density at radius 2 is 1.65 bits per heavy atom. The average molecular weight is 483 g/mol. The summed E-state index contributed by atoms with van der Waals surface area (Å²) in [7, 11) is -3.87. The predicted molar refractivity (Wildman–Crippen MR) is 121 cm³/mol. The molecule has 2 N–H and O–H groups in total. The van der Waals surface area contributed by atoms with E-state index < -0.39 is 32.3 Å². The fourth-order valence-corrected chi connectivity index (χ4v) is 4.65. The molecule has 2 aromatic carbocycles. The van der Waals surface area contributed by atoms with Gasteiger partial charge in [-0.1, -0.05) is 36.4 Å². The van der Waals surface area contributed by atoms with Gasteiger partial charge in [-0.3, -0.25) is 4.57 Å². The minimum Gasteiger partial charge on any atom is -0.415 e. The number of nitrogens with zero attached hydrogens (tertiary/aromatic N) is 4. The predicted octanol–water partition coefficient (Wildman–Crippen LogP) is 4.44. The van der Waals surface area contributed by atoms with Crippen molar-refractivity contribution in [2.75, 3.05) is 12.1 Å². The maximum atomic E-state index is 14.7. The topological polar surface area (TPSA) is 124 Å². The SMILES string of the molecule is Nc1ncnc2c1ncn2[C@@H]1O[C@H](OCP(=O)(Oc2ccccc2)Oc2ccccc2)C=C1F. The summed E-state index contributed by atoms with van der Waals surface area (Å²) in [5.41, 5.74) is 6.41. The minimum atomic E-state index is -3.87. The second-order valence-electron chi connectivity index (χ2n) is 7.21. The van der Waals surface area contributed by atoms with Crippen molar-refractivity contribution >= 4 is 24.6 Å². The monoisotopic (exact) mass is 483 g/mol. The molecule has 1 aliphatic rings. The summed E-state index contributed by atoms with van der Waals surface area (Å²) < 4.78 is 52.2. The summed E-state index contributed by atoms with van der Waals surface area (Å²) in [5, 5.41) is 0. The molecule has 5 rings (SSSR count). The molecule has 0 amide bonds. The van der Waals surface area contributed by atoms with Gasteiger partial charge in [-0.25, -0.2) is 23.9 Å². The Bertz CT molecular complexity index is 1320. The standard InChI is InChI=1S/C22H19FN5O5P/c23-17-11-18(31-22(17)28-13-27-19-20(24)25-12-26-21(19)28)30-14-34(29,32-15-7-3-1-4-8-15)33-16-9-5-2-6-10-16/h1-13,18,22H,14H2,(H2,24,25,26)/t18-,22+/m0/s1. The third-order valence-electron chi connectivity index (χ3n) is 4.81. The van der Waals surface area contributed by atoms with Crippen molar-refractivity contribution in [1.82, 2.24) is 19.5 Å². The Kier molecular flexibility index (Phi) is 5.97. The first kappa shape index (κ1) is 22.0. The number of nitrogen functional groups attached to an aromatic ring is 1. The highest BCUT2D eigenvalue weighted by atomic mass is 31.2. The summed E-state index contributed by atoms with van der Waals surface area (Å²) in [6.07, 6.45) is 0.868. The zero-order valence-electron chi connectivity index (χ0n) is 17.6. The van der Waals surface area contributed by atoms with Gasteiger partial charge in [-0.05, 0) is 24.3 Å². The van der Waals surface area contributed by atoms with Crippen LogP contribution in [0.25, 0.3) is 11.2 Å². The normalized spacial score (nSPS) is 18.1. The number of fused-ring (bicyclic) bond motifs is 1. The highest BCUT2D eigenvalue weighted by molar-refractivity contribution is 7.54. The number of nitrogens with two attached hydrogens (primary N) is 1. The molecule has 1 aliphatic heterocycles. The van der Waals surface area contributed by atoms with Crippen LogP contribution in [0, 0.1) is 0 Å². The number of halogens is 1. The third-order valence-corrected chi connectivity index (χ3v) is 6.25. The van der Waals surface area contributed by atoms with Crippen molar-refractivity contribution < 1.29 is 27.5 Å². The van der Waals surface area contributed by atoms with Crippen molar-refractivity contribution in [2.45, 2.75) is 12.5 Å². The van der Waals surface area contributed by atoms with E-state index in [0.717, 1.165) is 6.08 Å². The van der Waals surface area contributed by atoms with Crippen LogP contribution in [0.4, 0.5) is 10.2 Å². The molecule has 34 heavy (non-hydrogen) atoms. The molecule has 4 aromatic rings. The lowest BCUT2D eigenvalue weighted by Gasteiger charge is -2.22. The second-order valence-corrected chi connectivity index (χ2v) is 9.05. The molecule has 0 unspecified atom stereocenters. The zero-order valence-corrected chi connectivity index (χ0v) is 18.5. The Morgan fingerprint density at radius 1 is 1.00 bits per heavy atom. The lowest BCUT2D eigenvalue weighted by molar-refractivity contribution is -0.129. The summed E-state index contributed by atoms with van der Waals surface area (Å²) in [5.74, 6) is 0.194. The molecule has 174 valence electrons. The lowest BCUT2D eigenvalue weighted by atomic mass is 10.3. The van der Waals surface area contributed by atoms with E-state index in [1.54, 1.807) is 60.7 Å². The van der Waals surface area contributed by atoms with Crippen molar-refractivity contribution in [3.8, 4) is 11.5 Å². The Morgan fingerprint density at radius 3 is 2.29 bits per heavy atom. The van der Waals surface area contributed by atoms with E-state index in [4.69, 9.17) is 24.3 Å². The molecule has 10 nitrogen and oxygen atoms in total. The molecule has 0 saturated carbocycles. The molecule has 0 spiro atoms. The van der Waals surface area contributed by atoms with Gasteiger partial charge in [0.25, 0.3) is 0 Å². The van der Waals surface area contributed by atoms with Gasteiger partial charge in [-0.15, -0.1) is 0 Å². The van der Waals surface area contributed by atoms with Gasteiger partial charge >= 0.3 is 7.60 Å². The first-order chi connectivity index (χ1) is 16.5. The zero-order chi connectivity index (χ0) is 23.5. The first-order valence-corrected chi connectivity index (χ1v) is 11.9. The van der Waals surface area contributed by atoms with Crippen LogP contribution in [-0.4, -0.2) is 32.2 Å². The number of imidazole rings is 1. The summed E-state index contributed by atoms with van der Waals surface area (Å²) in [6.45, 7) is 0. The van der Waals surface area contributed by atoms with Crippen LogP contribution in [0.1, 0.15) is 6.23 Å². The van der Waals surface area contributed by atoms with Crippen LogP contribution < -0.4 is 14.8 Å². The number of para-hydroxylation sites is 2. The summed E-state index contributed by atoms with van der Waals surface area (Å²) in [6, 6.07) is 17.1. The molecule has 3 heterocycles. The van der Waals surface area contributed by atoms with Gasteiger partial charge in [0.2, 0.25) is 0 Å². The van der Waals surface area contributed by atoms with Crippen LogP contribution in [0.15, 0.2) is 85.2 Å². The van der Waals surface area contributed by atoms with E-state index in [9.17, 15) is 8.96 Å². The van der Waals surface area contributed by atoms with E-state index in [1.807, 2.05) is 0 Å². The van der Waals surface area contributed by atoms with Gasteiger partial charge < -0.3 is 24.3 Å². The van der Waals surface area contributed by atoms with Crippen molar-refractivity contribution in [3.05, 3.63) is 85.2 Å². The van der Waals surface area contributed by atoms with Gasteiger partial charge in [0.15, 0.2) is 36.2 Å². The van der Waals surface area contributed by atoms with Crippen molar-refractivity contribution in [1.29, 1.82) is 0 Å². The Balaban J connectivity index is 1.32. The number of hydrogen-bond donors (Lipinski definition) is 1. The molecule has 2 atom stereocenters. The summed E-state index contributed by atoms with van der Waals surface area (Å²) >= 11 is 0. The smallest absolute Gasteiger partial charge is 0.415 e. The highest BCUT2D eigenvalue weighted by Gasteiger charge is 2.35. The molecule has 2 aromatic heterocycles. The van der Waals surface area contributed by atoms with Crippen LogP contribution in [0.2, 0.25) is 0 Å². The largest absolute Gasteiger partial charge is 0.456 e. The molecule has 0 saturated heterocycles.